The standard InChI is InChI=1S/C18H12FN3O2S/c1-10(22-17(23)11-6-2-3-7-12(11)18(22)24)15-20-21-16(25-15)13-8-4-5-9-14(13)19/h2-10H,1H3/t10-/m0/s1. The van der Waals surface area contributed by atoms with Crippen LogP contribution in [0.1, 0.15) is 38.7 Å². The van der Waals surface area contributed by atoms with Gasteiger partial charge in [-0.2, -0.15) is 0 Å². The van der Waals surface area contributed by atoms with Gasteiger partial charge in [-0.05, 0) is 31.2 Å². The second-order valence-corrected chi connectivity index (χ2v) is 6.64. The molecular weight excluding hydrogens is 341 g/mol. The van der Waals surface area contributed by atoms with Crippen molar-refractivity contribution in [1.82, 2.24) is 15.1 Å². The van der Waals surface area contributed by atoms with Crippen LogP contribution in [0.3, 0.4) is 0 Å². The van der Waals surface area contributed by atoms with E-state index in [1.165, 1.54) is 22.3 Å². The van der Waals surface area contributed by atoms with E-state index in [-0.39, 0.29) is 11.8 Å². The van der Waals surface area contributed by atoms with E-state index < -0.39 is 11.9 Å². The number of carbonyl (C=O) groups excluding carboxylic acids is 2. The van der Waals surface area contributed by atoms with Gasteiger partial charge < -0.3 is 0 Å². The molecule has 0 radical (unpaired) electrons. The highest BCUT2D eigenvalue weighted by Crippen LogP contribution is 2.34. The molecule has 1 aromatic heterocycles. The molecule has 3 aromatic rings. The number of nitrogens with zero attached hydrogens (tertiary/aromatic N) is 3. The Balaban J connectivity index is 1.67. The third-order valence-corrected chi connectivity index (χ3v) is 5.24. The van der Waals surface area contributed by atoms with Gasteiger partial charge in [0, 0.05) is 5.56 Å². The van der Waals surface area contributed by atoms with Gasteiger partial charge in [-0.1, -0.05) is 35.6 Å². The van der Waals surface area contributed by atoms with Gasteiger partial charge in [-0.15, -0.1) is 10.2 Å². The molecule has 0 fully saturated rings. The van der Waals surface area contributed by atoms with Crippen LogP contribution >= 0.6 is 11.3 Å². The summed E-state index contributed by atoms with van der Waals surface area (Å²) in [6.45, 7) is 1.72. The van der Waals surface area contributed by atoms with E-state index >= 15 is 0 Å². The van der Waals surface area contributed by atoms with Gasteiger partial charge in [-0.25, -0.2) is 4.39 Å². The number of fused-ring (bicyclic) bond motifs is 1. The molecule has 4 rings (SSSR count). The molecule has 0 saturated heterocycles. The lowest BCUT2D eigenvalue weighted by atomic mass is 10.1. The summed E-state index contributed by atoms with van der Waals surface area (Å²) in [6, 6.07) is 12.4. The number of benzene rings is 2. The molecule has 1 aliphatic heterocycles. The van der Waals surface area contributed by atoms with Crippen LogP contribution in [-0.2, 0) is 0 Å². The van der Waals surface area contributed by atoms with Gasteiger partial charge in [0.25, 0.3) is 11.8 Å². The quantitative estimate of drug-likeness (QED) is 0.674. The highest BCUT2D eigenvalue weighted by Gasteiger charge is 2.39. The first-order valence-corrected chi connectivity index (χ1v) is 8.45. The number of hydrogen-bond acceptors (Lipinski definition) is 5. The van der Waals surface area contributed by atoms with Gasteiger partial charge in [0.05, 0.1) is 17.2 Å². The Morgan fingerprint density at radius 2 is 1.48 bits per heavy atom. The second-order valence-electron chi connectivity index (χ2n) is 5.63. The normalized spacial score (nSPS) is 14.7. The number of amides is 2. The number of imide groups is 1. The number of carbonyl (C=O) groups is 2. The van der Waals surface area contributed by atoms with Crippen LogP contribution < -0.4 is 0 Å². The van der Waals surface area contributed by atoms with E-state index in [4.69, 9.17) is 0 Å². The Bertz CT molecular complexity index is 966. The van der Waals surface area contributed by atoms with Crippen molar-refractivity contribution in [3.8, 4) is 10.6 Å². The molecular formula is C18H12FN3O2S. The van der Waals surface area contributed by atoms with Gasteiger partial charge in [-0.3, -0.25) is 14.5 Å². The molecule has 2 amide bonds. The van der Waals surface area contributed by atoms with Crippen molar-refractivity contribution in [3.05, 3.63) is 70.5 Å². The van der Waals surface area contributed by atoms with Crippen LogP contribution in [0.4, 0.5) is 4.39 Å². The zero-order chi connectivity index (χ0) is 17.6. The Labute approximate surface area is 146 Å². The number of halogens is 1. The summed E-state index contributed by atoms with van der Waals surface area (Å²) in [6.07, 6.45) is 0. The van der Waals surface area contributed by atoms with Crippen molar-refractivity contribution < 1.29 is 14.0 Å². The third kappa shape index (κ3) is 2.44. The average molecular weight is 353 g/mol. The molecule has 0 bridgehead atoms. The zero-order valence-electron chi connectivity index (χ0n) is 13.1. The van der Waals surface area contributed by atoms with Crippen LogP contribution in [0.5, 0.6) is 0 Å². The first kappa shape index (κ1) is 15.6. The molecule has 2 heterocycles. The maximum Gasteiger partial charge on any atom is 0.262 e. The summed E-state index contributed by atoms with van der Waals surface area (Å²) in [7, 11) is 0. The average Bonchev–Trinajstić information content (AvgIpc) is 3.20. The maximum absolute atomic E-state index is 13.9. The Morgan fingerprint density at radius 3 is 2.08 bits per heavy atom. The Hall–Kier alpha value is -2.93. The van der Waals surface area contributed by atoms with Crippen molar-refractivity contribution in [2.75, 3.05) is 0 Å². The monoisotopic (exact) mass is 353 g/mol. The minimum atomic E-state index is -0.578. The van der Waals surface area contributed by atoms with Crippen LogP contribution in [0.15, 0.2) is 48.5 Å². The Morgan fingerprint density at radius 1 is 0.920 bits per heavy atom. The first-order valence-electron chi connectivity index (χ1n) is 7.63. The van der Waals surface area contributed by atoms with Gasteiger partial charge in [0.2, 0.25) is 0 Å². The summed E-state index contributed by atoms with van der Waals surface area (Å²) < 4.78 is 13.9. The molecule has 1 atom stereocenters. The molecule has 7 heteroatoms. The molecule has 25 heavy (non-hydrogen) atoms. The van der Waals surface area contributed by atoms with Gasteiger partial charge in [0.15, 0.2) is 5.01 Å². The summed E-state index contributed by atoms with van der Waals surface area (Å²) in [5.74, 6) is -1.09. The smallest absolute Gasteiger partial charge is 0.262 e. The molecule has 0 N–H and O–H groups in total. The maximum atomic E-state index is 13.9. The highest BCUT2D eigenvalue weighted by molar-refractivity contribution is 7.14. The number of aromatic nitrogens is 2. The van der Waals surface area contributed by atoms with Crippen LogP contribution in [0, 0.1) is 5.82 Å². The lowest BCUT2D eigenvalue weighted by molar-refractivity contribution is 0.0594. The minimum absolute atomic E-state index is 0.348. The summed E-state index contributed by atoms with van der Waals surface area (Å²) >= 11 is 1.17. The second kappa shape index (κ2) is 5.86. The van der Waals surface area contributed by atoms with Crippen molar-refractivity contribution >= 4 is 23.2 Å². The molecule has 2 aromatic carbocycles. The third-order valence-electron chi connectivity index (χ3n) is 4.12. The molecule has 0 unspecified atom stereocenters. The van der Waals surface area contributed by atoms with Crippen LogP contribution in [0.25, 0.3) is 10.6 Å². The van der Waals surface area contributed by atoms with E-state index in [0.717, 1.165) is 0 Å². The first-order chi connectivity index (χ1) is 12.1. The van der Waals surface area contributed by atoms with Crippen molar-refractivity contribution in [2.45, 2.75) is 13.0 Å². The van der Waals surface area contributed by atoms with Gasteiger partial charge >= 0.3 is 0 Å². The SMILES string of the molecule is C[C@@H](c1nnc(-c2ccccc2F)s1)N1C(=O)c2ccccc2C1=O. The molecule has 0 saturated carbocycles. The number of rotatable bonds is 3. The predicted octanol–water partition coefficient (Wildman–Crippen LogP) is 3.70. The van der Waals surface area contributed by atoms with E-state index in [9.17, 15) is 14.0 Å². The van der Waals surface area contributed by atoms with E-state index in [0.29, 0.717) is 26.7 Å². The lowest BCUT2D eigenvalue weighted by Crippen LogP contribution is -2.32. The van der Waals surface area contributed by atoms with Crippen LogP contribution in [0.2, 0.25) is 0 Å². The van der Waals surface area contributed by atoms with Crippen molar-refractivity contribution in [3.63, 3.8) is 0 Å². The van der Waals surface area contributed by atoms with Gasteiger partial charge in [0.1, 0.15) is 10.8 Å². The molecule has 0 aliphatic carbocycles. The minimum Gasteiger partial charge on any atom is -0.269 e. The molecule has 124 valence electrons. The Kier molecular flexibility index (Phi) is 3.65. The summed E-state index contributed by atoms with van der Waals surface area (Å²) in [5, 5.41) is 8.98. The highest BCUT2D eigenvalue weighted by atomic mass is 32.1. The summed E-state index contributed by atoms with van der Waals surface area (Å²) in [5.41, 5.74) is 1.12. The van der Waals surface area contributed by atoms with E-state index in [1.807, 2.05) is 0 Å². The molecule has 0 spiro atoms. The summed E-state index contributed by atoms with van der Waals surface area (Å²) in [4.78, 5) is 26.3. The van der Waals surface area contributed by atoms with E-state index in [1.54, 1.807) is 49.4 Å². The van der Waals surface area contributed by atoms with Crippen molar-refractivity contribution in [2.24, 2.45) is 0 Å². The number of hydrogen-bond donors (Lipinski definition) is 0. The fourth-order valence-electron chi connectivity index (χ4n) is 2.82. The fourth-order valence-corrected chi connectivity index (χ4v) is 3.73. The van der Waals surface area contributed by atoms with Crippen molar-refractivity contribution in [1.29, 1.82) is 0 Å². The fraction of sp³-hybridized carbons (Fsp3) is 0.111. The zero-order valence-corrected chi connectivity index (χ0v) is 14.0. The largest absolute Gasteiger partial charge is 0.269 e. The molecule has 5 nitrogen and oxygen atoms in total. The molecule has 1 aliphatic rings. The predicted molar refractivity (Wildman–Crippen MR) is 90.7 cm³/mol. The van der Waals surface area contributed by atoms with Crippen LogP contribution in [-0.4, -0.2) is 26.9 Å². The topological polar surface area (TPSA) is 63.2 Å². The lowest BCUT2D eigenvalue weighted by Gasteiger charge is -2.19. The van der Waals surface area contributed by atoms with E-state index in [2.05, 4.69) is 10.2 Å².